The quantitative estimate of drug-likeness (QED) is 0.0153. The first-order valence-corrected chi connectivity index (χ1v) is 32.7. The summed E-state index contributed by atoms with van der Waals surface area (Å²) in [6.07, 6.45) is 2.06. The zero-order valence-corrected chi connectivity index (χ0v) is 54.8. The molecule has 0 aromatic carbocycles. The Balaban J connectivity index is 3.29. The highest BCUT2D eigenvalue weighted by Crippen LogP contribution is 2.22. The summed E-state index contributed by atoms with van der Waals surface area (Å²) in [5, 5.41) is 53.2. The predicted octanol–water partition coefficient (Wildman–Crippen LogP) is -6.46. The first kappa shape index (κ1) is 82.0. The molecule has 1 aliphatic heterocycles. The van der Waals surface area contributed by atoms with Gasteiger partial charge >= 0.3 is 11.9 Å². The van der Waals surface area contributed by atoms with Gasteiger partial charge < -0.3 is 102 Å². The second-order valence-electron chi connectivity index (χ2n) is 22.2. The lowest BCUT2D eigenvalue weighted by Gasteiger charge is -2.33. The molecule has 1 saturated heterocycles. The molecule has 0 bridgehead atoms. The van der Waals surface area contributed by atoms with Crippen molar-refractivity contribution >= 4 is 118 Å². The Morgan fingerprint density at radius 2 is 0.967 bits per heavy atom. The topological polar surface area (TPSA) is 583 Å². The number of aliphatic carboxylic acids is 2. The normalized spacial score (nSPS) is 16.9. The number of hydrogen-bond acceptors (Lipinski definition) is 20. The summed E-state index contributed by atoms with van der Waals surface area (Å²) >= 11 is 2.71. The number of aliphatic imine (C=N–C) groups is 1. The van der Waals surface area contributed by atoms with Crippen LogP contribution in [0.5, 0.6) is 0 Å². The van der Waals surface area contributed by atoms with E-state index < -0.39 is 205 Å². The van der Waals surface area contributed by atoms with Gasteiger partial charge in [-0.3, -0.25) is 72.1 Å². The van der Waals surface area contributed by atoms with Crippen LogP contribution >= 0.6 is 23.5 Å². The maximum atomic E-state index is 14.5. The number of carbonyl (C=O) groups excluding carboxylic acids is 13. The molecule has 1 heterocycles. The lowest BCUT2D eigenvalue weighted by molar-refractivity contribution is -0.144. The van der Waals surface area contributed by atoms with E-state index >= 15 is 0 Å². The number of nitrogens with two attached hydrogens (primary N) is 5. The van der Waals surface area contributed by atoms with E-state index in [2.05, 4.69) is 58.2 Å². The third-order valence-corrected chi connectivity index (χ3v) is 16.1. The van der Waals surface area contributed by atoms with Crippen molar-refractivity contribution in [1.29, 1.82) is 0 Å². The number of carbonyl (C=O) groups is 15. The van der Waals surface area contributed by atoms with Crippen molar-refractivity contribution in [2.45, 2.75) is 191 Å². The van der Waals surface area contributed by atoms with Crippen LogP contribution in [0.2, 0.25) is 0 Å². The van der Waals surface area contributed by atoms with Crippen molar-refractivity contribution < 1.29 is 87.2 Å². The molecule has 0 aliphatic carbocycles. The summed E-state index contributed by atoms with van der Waals surface area (Å²) in [7, 11) is 0. The number of rotatable bonds is 44. The number of guanidine groups is 1. The van der Waals surface area contributed by atoms with Gasteiger partial charge in [-0.05, 0) is 94.6 Å². The minimum Gasteiger partial charge on any atom is -0.481 e. The van der Waals surface area contributed by atoms with Crippen LogP contribution in [0.4, 0.5) is 0 Å². The largest absolute Gasteiger partial charge is 0.481 e. The molecule has 0 radical (unpaired) electrons. The van der Waals surface area contributed by atoms with Crippen molar-refractivity contribution in [3.05, 3.63) is 0 Å². The number of amides is 13. The Kier molecular flexibility index (Phi) is 37.5. The Labute approximate surface area is 541 Å². The van der Waals surface area contributed by atoms with Crippen molar-refractivity contribution in [2.24, 2.45) is 45.5 Å². The van der Waals surface area contributed by atoms with Crippen molar-refractivity contribution in [2.75, 3.05) is 43.7 Å². The van der Waals surface area contributed by atoms with E-state index in [1.54, 1.807) is 40.2 Å². The molecule has 35 nitrogen and oxygen atoms in total. The van der Waals surface area contributed by atoms with E-state index in [4.69, 9.17) is 28.7 Å². The fourth-order valence-corrected chi connectivity index (χ4v) is 9.95. The highest BCUT2D eigenvalue weighted by Gasteiger charge is 2.42. The molecule has 92 heavy (non-hydrogen) atoms. The van der Waals surface area contributed by atoms with Gasteiger partial charge in [0.25, 0.3) is 0 Å². The third-order valence-electron chi connectivity index (χ3n) is 14.9. The van der Waals surface area contributed by atoms with Crippen molar-refractivity contribution in [1.82, 2.24) is 58.1 Å². The molecular weight excluding hydrogens is 1250 g/mol. The number of nitrogens with zero attached hydrogens (tertiary/aromatic N) is 2. The van der Waals surface area contributed by atoms with Gasteiger partial charge in [0, 0.05) is 19.5 Å². The average molecular weight is 1350 g/mol. The number of aliphatic hydroxyl groups is 1. The number of thioether (sulfide) groups is 2. The number of carboxylic acids is 2. The molecule has 520 valence electrons. The van der Waals surface area contributed by atoms with Crippen LogP contribution in [-0.2, 0) is 71.9 Å². The molecule has 13 amide bonds. The van der Waals surface area contributed by atoms with E-state index in [1.165, 1.54) is 37.4 Å². The Hall–Kier alpha value is -8.06. The van der Waals surface area contributed by atoms with Gasteiger partial charge in [-0.15, -0.1) is 0 Å². The van der Waals surface area contributed by atoms with Crippen LogP contribution < -0.4 is 81.8 Å². The lowest BCUT2D eigenvalue weighted by Crippen LogP contribution is -2.62. The van der Waals surface area contributed by atoms with E-state index in [-0.39, 0.29) is 57.6 Å². The number of nitrogens with one attached hydrogen (secondary N) is 10. The zero-order valence-electron chi connectivity index (χ0n) is 53.2. The summed E-state index contributed by atoms with van der Waals surface area (Å²) in [5.74, 6) is -16.1. The Morgan fingerprint density at radius 1 is 0.533 bits per heavy atom. The summed E-state index contributed by atoms with van der Waals surface area (Å²) < 4.78 is 0. The van der Waals surface area contributed by atoms with Crippen LogP contribution in [0, 0.1) is 11.8 Å². The summed E-state index contributed by atoms with van der Waals surface area (Å²) in [5.41, 5.74) is 27.7. The number of primary amides is 2. The van der Waals surface area contributed by atoms with Crippen molar-refractivity contribution in [3.63, 3.8) is 0 Å². The maximum absolute atomic E-state index is 14.5. The summed E-state index contributed by atoms with van der Waals surface area (Å²) in [4.78, 5) is 203. The van der Waals surface area contributed by atoms with E-state index in [9.17, 15) is 87.2 Å². The highest BCUT2D eigenvalue weighted by molar-refractivity contribution is 7.98. The van der Waals surface area contributed by atoms with Gasteiger partial charge in [0.2, 0.25) is 76.8 Å². The molecule has 0 aromatic heterocycles. The van der Waals surface area contributed by atoms with Crippen LogP contribution in [0.3, 0.4) is 0 Å². The van der Waals surface area contributed by atoms with Gasteiger partial charge in [0.15, 0.2) is 5.96 Å². The first-order chi connectivity index (χ1) is 43.2. The van der Waals surface area contributed by atoms with Gasteiger partial charge in [0.1, 0.15) is 66.5 Å². The molecule has 0 saturated carbocycles. The fraction of sp³-hybridized carbons (Fsp3) is 0.709. The van der Waals surface area contributed by atoms with Crippen LogP contribution in [-0.4, -0.2) is 231 Å². The van der Waals surface area contributed by atoms with Crippen LogP contribution in [0.1, 0.15) is 119 Å². The maximum Gasteiger partial charge on any atom is 0.326 e. The van der Waals surface area contributed by atoms with Gasteiger partial charge in [0.05, 0.1) is 25.5 Å². The molecule has 1 fully saturated rings. The molecule has 14 atom stereocenters. The smallest absolute Gasteiger partial charge is 0.326 e. The number of aliphatic hydroxyl groups excluding tert-OH is 1. The van der Waals surface area contributed by atoms with Gasteiger partial charge in [-0.1, -0.05) is 40.5 Å². The van der Waals surface area contributed by atoms with Crippen molar-refractivity contribution in [3.8, 4) is 0 Å². The van der Waals surface area contributed by atoms with Crippen LogP contribution in [0.25, 0.3) is 0 Å². The van der Waals surface area contributed by atoms with Gasteiger partial charge in [-0.2, -0.15) is 23.5 Å². The molecule has 1 aliphatic rings. The average Bonchev–Trinajstić information content (AvgIpc) is 1.59. The fourth-order valence-electron chi connectivity index (χ4n) is 9.01. The molecule has 37 heteroatoms. The standard InChI is InChI=1S/C55H95N17O18S2/c1-9-26(3)41(70-45(80)30(56)13-11-19-61-55(59)60)52(87)68-34(23-38(57)74)48(83)67-35(24-39(58)75)49(84)71-42(27(4)10-2)53(88)72-20-12-14-37(72)51(86)63-29(6)44(79)69-36(25-73)50(85)65-31(15-16-40(76)77)46(81)62-28(5)43(78)64-32(17-21-91-7)47(82)66-33(54(89)90)18-22-92-8/h26-37,41-42,73H,9-25,56H2,1-8H3,(H2,57,74)(H2,58,75)(H,62,81)(H,63,86)(H,64,78)(H,65,85)(H,66,82)(H,67,83)(H,68,87)(H,69,79)(H,70,80)(H,71,84)(H,76,77)(H,89,90)(H4,59,60,61)/t26-,27-,28-,29-,30-,31-,32-,33-,34-,35-,36-,37-,41-,42-/m0/s1. The minimum atomic E-state index is -1.83. The SMILES string of the molecule is CC[C@H](C)[C@H](NC(=O)[C@@H](N)CCCN=C(N)N)C(=O)N[C@@H](CC(N)=O)C(=O)N[C@@H](CC(N)=O)C(=O)N[C@H](C(=O)N1CCC[C@H]1C(=O)N[C@@H](C)C(=O)N[C@@H](CO)C(=O)N[C@@H](CCC(=O)O)C(=O)N[C@@H](C)C(=O)N[C@@H](CCSC)C(=O)N[C@@H](CCSC)C(=O)O)[C@@H](C)CC. The van der Waals surface area contributed by atoms with E-state index in [0.29, 0.717) is 24.3 Å². The molecule has 1 rings (SSSR count). The van der Waals surface area contributed by atoms with Gasteiger partial charge in [-0.25, -0.2) is 4.79 Å². The summed E-state index contributed by atoms with van der Waals surface area (Å²) in [6, 6.07) is -17.6. The monoisotopic (exact) mass is 1350 g/mol. The highest BCUT2D eigenvalue weighted by atomic mass is 32.2. The second kappa shape index (κ2) is 42.2. The molecule has 0 unspecified atom stereocenters. The Morgan fingerprint density at radius 3 is 1.48 bits per heavy atom. The minimum absolute atomic E-state index is 0.0317. The van der Waals surface area contributed by atoms with Crippen LogP contribution in [0.15, 0.2) is 4.99 Å². The Bertz CT molecular complexity index is 2620. The lowest BCUT2D eigenvalue weighted by atomic mass is 9.96. The third kappa shape index (κ3) is 29.0. The predicted molar refractivity (Wildman–Crippen MR) is 337 cm³/mol. The van der Waals surface area contributed by atoms with E-state index in [1.807, 2.05) is 0 Å². The first-order valence-electron chi connectivity index (χ1n) is 29.9. The zero-order chi connectivity index (χ0) is 70.1. The molecule has 0 aromatic rings. The van der Waals surface area contributed by atoms with E-state index in [0.717, 1.165) is 4.90 Å². The number of hydrogen-bond donors (Lipinski definition) is 18. The molecular formula is C55H95N17O18S2. The number of carboxylic acid groups (broad SMARTS) is 2. The number of likely N-dealkylation sites (tertiary alicyclic amines) is 1. The second-order valence-corrected chi connectivity index (χ2v) is 24.1. The molecule has 23 N–H and O–H groups in total. The molecule has 0 spiro atoms. The summed E-state index contributed by atoms with van der Waals surface area (Å²) in [6.45, 7) is 8.10.